The van der Waals surface area contributed by atoms with Crippen molar-refractivity contribution in [2.45, 2.75) is 51.4 Å². The molecule has 30 heavy (non-hydrogen) atoms. The molecular formula is C18H26N6O6. The zero-order chi connectivity index (χ0) is 22.3. The van der Waals surface area contributed by atoms with Gasteiger partial charge in [-0.2, -0.15) is 0 Å². The molecule has 0 aliphatic carbocycles. The van der Waals surface area contributed by atoms with Gasteiger partial charge in [-0.05, 0) is 12.8 Å². The van der Waals surface area contributed by atoms with Crippen molar-refractivity contribution in [2.24, 2.45) is 17.4 Å². The second kappa shape index (κ2) is 8.14. The number of aryl methyl sites for hydroxylation is 1. The molecule has 1 unspecified atom stereocenters. The number of amides is 1. The van der Waals surface area contributed by atoms with Gasteiger partial charge in [0.15, 0.2) is 6.23 Å². The van der Waals surface area contributed by atoms with Gasteiger partial charge in [-0.15, -0.1) is 0 Å². The van der Waals surface area contributed by atoms with Crippen LogP contribution in [0.1, 0.15) is 36.3 Å². The molecule has 1 amide bonds. The molecule has 3 heterocycles. The number of nitrogen functional groups attached to an aromatic ring is 1. The number of ether oxygens (including phenoxy) is 2. The van der Waals surface area contributed by atoms with Crippen LogP contribution in [0.2, 0.25) is 0 Å². The van der Waals surface area contributed by atoms with E-state index in [4.69, 9.17) is 26.7 Å². The van der Waals surface area contributed by atoms with Crippen LogP contribution in [0.3, 0.4) is 0 Å². The van der Waals surface area contributed by atoms with Gasteiger partial charge in [0, 0.05) is 6.20 Å². The highest BCUT2D eigenvalue weighted by Crippen LogP contribution is 2.35. The number of primary amides is 1. The SMILES string of the molecule is Cc1nc(N)c2c(C(N)=O)cn([C@@H]3O[C@H](COC(=O)C(N)C(C)C)[C@@H](O)[C@H]3O)c2n1. The standard InChI is InChI=1S/C18H26N6O6/c1-6(2)11(19)18(28)29-5-9-12(25)13(26)17(30-9)24-4-8(15(21)27)10-14(20)22-7(3)23-16(10)24/h4,6,9,11-13,17,25-26H,5,19H2,1-3H3,(H2,21,27)(H2,20,22,23)/t9-,11?,12-,13-,17-/m1/s1. The van der Waals surface area contributed by atoms with Gasteiger partial charge in [0.05, 0.1) is 10.9 Å². The fraction of sp³-hybridized carbons (Fsp3) is 0.556. The maximum Gasteiger partial charge on any atom is 0.323 e. The third-order valence-corrected chi connectivity index (χ3v) is 5.07. The average molecular weight is 422 g/mol. The summed E-state index contributed by atoms with van der Waals surface area (Å²) >= 11 is 0. The quantitative estimate of drug-likeness (QED) is 0.343. The van der Waals surface area contributed by atoms with Crippen LogP contribution in [-0.2, 0) is 14.3 Å². The predicted molar refractivity (Wildman–Crippen MR) is 105 cm³/mol. The Hall–Kier alpha value is -2.80. The lowest BCUT2D eigenvalue weighted by molar-refractivity contribution is -0.152. The number of hydrogen-bond donors (Lipinski definition) is 5. The molecule has 5 atom stereocenters. The lowest BCUT2D eigenvalue weighted by Gasteiger charge is -2.18. The van der Waals surface area contributed by atoms with Crippen molar-refractivity contribution in [1.82, 2.24) is 14.5 Å². The maximum absolute atomic E-state index is 12.0. The third-order valence-electron chi connectivity index (χ3n) is 5.07. The molecule has 1 fully saturated rings. The Bertz CT molecular complexity index is 976. The minimum Gasteiger partial charge on any atom is -0.462 e. The maximum atomic E-state index is 12.0. The van der Waals surface area contributed by atoms with Crippen molar-refractivity contribution < 1.29 is 29.3 Å². The summed E-state index contributed by atoms with van der Waals surface area (Å²) in [4.78, 5) is 32.1. The molecule has 3 rings (SSSR count). The van der Waals surface area contributed by atoms with Crippen LogP contribution >= 0.6 is 0 Å². The van der Waals surface area contributed by atoms with E-state index >= 15 is 0 Å². The molecule has 2 aromatic rings. The first kappa shape index (κ1) is 21.9. The Morgan fingerprint density at radius 1 is 1.30 bits per heavy atom. The van der Waals surface area contributed by atoms with E-state index in [0.29, 0.717) is 5.82 Å². The number of carbonyl (C=O) groups is 2. The molecule has 164 valence electrons. The summed E-state index contributed by atoms with van der Waals surface area (Å²) in [5.74, 6) is -1.16. The molecule has 0 saturated carbocycles. The van der Waals surface area contributed by atoms with Crippen LogP contribution in [0, 0.1) is 12.8 Å². The summed E-state index contributed by atoms with van der Waals surface area (Å²) < 4.78 is 12.2. The van der Waals surface area contributed by atoms with E-state index in [1.807, 2.05) is 0 Å². The van der Waals surface area contributed by atoms with E-state index < -0.39 is 42.5 Å². The summed E-state index contributed by atoms with van der Waals surface area (Å²) in [5, 5.41) is 21.1. The summed E-state index contributed by atoms with van der Waals surface area (Å²) in [6.07, 6.45) is -3.59. The van der Waals surface area contributed by atoms with E-state index in [1.165, 1.54) is 10.8 Å². The third kappa shape index (κ3) is 3.81. The highest BCUT2D eigenvalue weighted by atomic mass is 16.6. The normalized spacial score (nSPS) is 25.0. The molecular weight excluding hydrogens is 396 g/mol. The minimum absolute atomic E-state index is 0.0468. The summed E-state index contributed by atoms with van der Waals surface area (Å²) in [5.41, 5.74) is 17.4. The lowest BCUT2D eigenvalue weighted by atomic mass is 10.1. The van der Waals surface area contributed by atoms with Crippen LogP contribution in [0.4, 0.5) is 5.82 Å². The van der Waals surface area contributed by atoms with Gasteiger partial charge in [0.25, 0.3) is 5.91 Å². The van der Waals surface area contributed by atoms with Crippen molar-refractivity contribution in [3.63, 3.8) is 0 Å². The van der Waals surface area contributed by atoms with Gasteiger partial charge in [-0.25, -0.2) is 9.97 Å². The molecule has 0 aromatic carbocycles. The molecule has 0 bridgehead atoms. The number of carbonyl (C=O) groups excluding carboxylic acids is 2. The van der Waals surface area contributed by atoms with E-state index in [0.717, 1.165) is 0 Å². The second-order valence-electron chi connectivity index (χ2n) is 7.62. The van der Waals surface area contributed by atoms with E-state index in [2.05, 4.69) is 9.97 Å². The van der Waals surface area contributed by atoms with E-state index in [9.17, 15) is 19.8 Å². The first-order chi connectivity index (χ1) is 14.0. The highest BCUT2D eigenvalue weighted by Gasteiger charge is 2.45. The number of aromatic nitrogens is 3. The minimum atomic E-state index is -1.40. The number of nitrogens with two attached hydrogens (primary N) is 3. The second-order valence-corrected chi connectivity index (χ2v) is 7.62. The van der Waals surface area contributed by atoms with E-state index in [-0.39, 0.29) is 34.9 Å². The summed E-state index contributed by atoms with van der Waals surface area (Å²) in [6, 6.07) is -0.821. The molecule has 1 saturated heterocycles. The molecule has 1 aliphatic rings. The van der Waals surface area contributed by atoms with Crippen LogP contribution < -0.4 is 17.2 Å². The average Bonchev–Trinajstić information content (AvgIpc) is 3.18. The number of rotatable bonds is 6. The lowest BCUT2D eigenvalue weighted by Crippen LogP contribution is -2.40. The summed E-state index contributed by atoms with van der Waals surface area (Å²) in [7, 11) is 0. The Labute approximate surface area is 172 Å². The van der Waals surface area contributed by atoms with E-state index in [1.54, 1.807) is 20.8 Å². The van der Waals surface area contributed by atoms with Gasteiger partial charge in [0.2, 0.25) is 0 Å². The first-order valence-corrected chi connectivity index (χ1v) is 9.41. The zero-order valence-electron chi connectivity index (χ0n) is 16.8. The van der Waals surface area contributed by atoms with Crippen LogP contribution in [0.15, 0.2) is 6.20 Å². The smallest absolute Gasteiger partial charge is 0.323 e. The van der Waals surface area contributed by atoms with Gasteiger partial charge < -0.3 is 41.5 Å². The van der Waals surface area contributed by atoms with Crippen molar-refractivity contribution in [3.05, 3.63) is 17.6 Å². The van der Waals surface area contributed by atoms with Crippen molar-refractivity contribution in [3.8, 4) is 0 Å². The van der Waals surface area contributed by atoms with Crippen molar-refractivity contribution in [2.75, 3.05) is 12.3 Å². The molecule has 2 aromatic heterocycles. The Morgan fingerprint density at radius 3 is 2.57 bits per heavy atom. The monoisotopic (exact) mass is 422 g/mol. The Kier molecular flexibility index (Phi) is 5.94. The number of aliphatic hydroxyl groups excluding tert-OH is 2. The fourth-order valence-corrected chi connectivity index (χ4v) is 3.30. The molecule has 8 N–H and O–H groups in total. The number of aliphatic hydroxyl groups is 2. The molecule has 12 heteroatoms. The number of anilines is 1. The number of hydrogen-bond acceptors (Lipinski definition) is 10. The van der Waals surface area contributed by atoms with Gasteiger partial charge in [-0.3, -0.25) is 9.59 Å². The van der Waals surface area contributed by atoms with Crippen LogP contribution in [-0.4, -0.2) is 67.6 Å². The van der Waals surface area contributed by atoms with Crippen LogP contribution in [0.5, 0.6) is 0 Å². The van der Waals surface area contributed by atoms with Gasteiger partial charge >= 0.3 is 5.97 Å². The largest absolute Gasteiger partial charge is 0.462 e. The Morgan fingerprint density at radius 2 is 1.97 bits per heavy atom. The van der Waals surface area contributed by atoms with Crippen molar-refractivity contribution in [1.29, 1.82) is 0 Å². The number of nitrogens with zero attached hydrogens (tertiary/aromatic N) is 3. The van der Waals surface area contributed by atoms with Crippen LogP contribution in [0.25, 0.3) is 11.0 Å². The molecule has 1 aliphatic heterocycles. The number of fused-ring (bicyclic) bond motifs is 1. The fourth-order valence-electron chi connectivity index (χ4n) is 3.30. The zero-order valence-corrected chi connectivity index (χ0v) is 16.8. The predicted octanol–water partition coefficient (Wildman–Crippen LogP) is -1.43. The Balaban J connectivity index is 1.89. The first-order valence-electron chi connectivity index (χ1n) is 9.41. The molecule has 0 radical (unpaired) electrons. The van der Waals surface area contributed by atoms with Crippen molar-refractivity contribution >= 4 is 28.7 Å². The molecule has 0 spiro atoms. The topological polar surface area (TPSA) is 202 Å². The highest BCUT2D eigenvalue weighted by molar-refractivity contribution is 6.08. The van der Waals surface area contributed by atoms with Gasteiger partial charge in [-0.1, -0.05) is 13.8 Å². The van der Waals surface area contributed by atoms with Gasteiger partial charge in [0.1, 0.15) is 48.3 Å². The summed E-state index contributed by atoms with van der Waals surface area (Å²) in [6.45, 7) is 4.84. The molecule has 12 nitrogen and oxygen atoms in total. The number of esters is 1.